The van der Waals surface area contributed by atoms with Gasteiger partial charge >= 0.3 is 0 Å². The zero-order valence-corrected chi connectivity index (χ0v) is 11.5. The van der Waals surface area contributed by atoms with Crippen molar-refractivity contribution in [3.05, 3.63) is 64.2 Å². The number of rotatable bonds is 4. The van der Waals surface area contributed by atoms with Gasteiger partial charge in [-0.25, -0.2) is 8.78 Å². The number of aliphatic hydroxyl groups is 1. The fraction of sp³-hybridized carbons (Fsp3) is 0.200. The summed E-state index contributed by atoms with van der Waals surface area (Å²) in [6.07, 6.45) is -0.797. The fourth-order valence-electron chi connectivity index (χ4n) is 1.92. The molecule has 2 nitrogen and oxygen atoms in total. The molecular formula is C15H13ClF2O2. The lowest BCUT2D eigenvalue weighted by Crippen LogP contribution is -2.04. The minimum Gasteiger partial charge on any atom is -0.494 e. The lowest BCUT2D eigenvalue weighted by molar-refractivity contribution is 0.178. The summed E-state index contributed by atoms with van der Waals surface area (Å²) in [5, 5.41) is 10.1. The first-order chi connectivity index (χ1) is 9.52. The average Bonchev–Trinajstić information content (AvgIpc) is 2.44. The molecule has 0 spiro atoms. The predicted molar refractivity (Wildman–Crippen MR) is 73.0 cm³/mol. The van der Waals surface area contributed by atoms with Crippen LogP contribution in [-0.2, 0) is 6.42 Å². The van der Waals surface area contributed by atoms with Crippen LogP contribution in [0.2, 0.25) is 5.02 Å². The molecule has 0 aliphatic heterocycles. The van der Waals surface area contributed by atoms with Gasteiger partial charge in [-0.3, -0.25) is 0 Å². The van der Waals surface area contributed by atoms with Crippen LogP contribution >= 0.6 is 11.6 Å². The largest absolute Gasteiger partial charge is 0.494 e. The summed E-state index contributed by atoms with van der Waals surface area (Å²) in [4.78, 5) is 0. The van der Waals surface area contributed by atoms with E-state index >= 15 is 0 Å². The molecule has 1 unspecified atom stereocenters. The van der Waals surface area contributed by atoms with Crippen molar-refractivity contribution < 1.29 is 18.6 Å². The van der Waals surface area contributed by atoms with Gasteiger partial charge in [-0.2, -0.15) is 0 Å². The molecule has 0 bridgehead atoms. The molecule has 106 valence electrons. The summed E-state index contributed by atoms with van der Waals surface area (Å²) in [6.45, 7) is 0. The fourth-order valence-corrected chi connectivity index (χ4v) is 2.12. The van der Waals surface area contributed by atoms with E-state index in [-0.39, 0.29) is 17.2 Å². The molecule has 0 aliphatic carbocycles. The van der Waals surface area contributed by atoms with E-state index in [9.17, 15) is 13.9 Å². The highest BCUT2D eigenvalue weighted by atomic mass is 35.5. The second kappa shape index (κ2) is 6.20. The van der Waals surface area contributed by atoms with Gasteiger partial charge in [0, 0.05) is 6.42 Å². The summed E-state index contributed by atoms with van der Waals surface area (Å²) < 4.78 is 31.5. The third kappa shape index (κ3) is 3.08. The maximum Gasteiger partial charge on any atom is 0.165 e. The Morgan fingerprint density at radius 1 is 1.20 bits per heavy atom. The molecule has 20 heavy (non-hydrogen) atoms. The van der Waals surface area contributed by atoms with E-state index in [4.69, 9.17) is 16.3 Å². The van der Waals surface area contributed by atoms with E-state index in [1.165, 1.54) is 37.4 Å². The molecule has 0 saturated heterocycles. The highest BCUT2D eigenvalue weighted by Crippen LogP contribution is 2.28. The van der Waals surface area contributed by atoms with Crippen molar-refractivity contribution in [2.24, 2.45) is 0 Å². The molecule has 0 amide bonds. The highest BCUT2D eigenvalue weighted by molar-refractivity contribution is 6.31. The Morgan fingerprint density at radius 3 is 2.65 bits per heavy atom. The molecule has 1 atom stereocenters. The van der Waals surface area contributed by atoms with Gasteiger partial charge in [0.25, 0.3) is 0 Å². The summed E-state index contributed by atoms with van der Waals surface area (Å²) >= 11 is 5.84. The molecule has 0 saturated carbocycles. The molecule has 0 fully saturated rings. The highest BCUT2D eigenvalue weighted by Gasteiger charge is 2.15. The van der Waals surface area contributed by atoms with Crippen LogP contribution in [0.25, 0.3) is 0 Å². The summed E-state index contributed by atoms with van der Waals surface area (Å²) in [5.41, 5.74) is 0.964. The molecular weight excluding hydrogens is 286 g/mol. The quantitative estimate of drug-likeness (QED) is 0.927. The number of hydrogen-bond donors (Lipinski definition) is 1. The summed E-state index contributed by atoms with van der Waals surface area (Å²) in [5.74, 6) is -0.993. The van der Waals surface area contributed by atoms with E-state index in [1.54, 1.807) is 6.07 Å². The maximum absolute atomic E-state index is 13.3. The second-order valence-corrected chi connectivity index (χ2v) is 4.70. The first-order valence-corrected chi connectivity index (χ1v) is 6.35. The van der Waals surface area contributed by atoms with Crippen molar-refractivity contribution in [1.82, 2.24) is 0 Å². The third-order valence-electron chi connectivity index (χ3n) is 3.00. The number of ether oxygens (including phenoxy) is 1. The molecule has 2 aromatic rings. The normalized spacial score (nSPS) is 12.2. The summed E-state index contributed by atoms with van der Waals surface area (Å²) in [7, 11) is 1.35. The van der Waals surface area contributed by atoms with Gasteiger partial charge < -0.3 is 9.84 Å². The van der Waals surface area contributed by atoms with Gasteiger partial charge in [0.15, 0.2) is 11.6 Å². The second-order valence-electron chi connectivity index (χ2n) is 4.33. The van der Waals surface area contributed by atoms with Crippen LogP contribution in [0.15, 0.2) is 36.4 Å². The number of methoxy groups -OCH3 is 1. The van der Waals surface area contributed by atoms with Crippen LogP contribution < -0.4 is 4.74 Å². The van der Waals surface area contributed by atoms with Crippen molar-refractivity contribution in [3.63, 3.8) is 0 Å². The topological polar surface area (TPSA) is 29.5 Å². The van der Waals surface area contributed by atoms with E-state index in [1.807, 2.05) is 0 Å². The Morgan fingerprint density at radius 2 is 1.95 bits per heavy atom. The smallest absolute Gasteiger partial charge is 0.165 e. The molecule has 2 aromatic carbocycles. The van der Waals surface area contributed by atoms with Crippen molar-refractivity contribution in [2.75, 3.05) is 7.11 Å². The zero-order valence-electron chi connectivity index (χ0n) is 10.7. The number of benzene rings is 2. The Kier molecular flexibility index (Phi) is 4.57. The van der Waals surface area contributed by atoms with Crippen molar-refractivity contribution >= 4 is 11.6 Å². The Bertz CT molecular complexity index is 617. The Hall–Kier alpha value is -1.65. The van der Waals surface area contributed by atoms with Gasteiger partial charge in [0.05, 0.1) is 18.2 Å². The lowest BCUT2D eigenvalue weighted by Gasteiger charge is -2.14. The minimum atomic E-state index is -0.927. The van der Waals surface area contributed by atoms with Gasteiger partial charge in [-0.05, 0) is 29.3 Å². The molecule has 1 N–H and O–H groups in total. The van der Waals surface area contributed by atoms with Crippen LogP contribution in [0.3, 0.4) is 0 Å². The van der Waals surface area contributed by atoms with Crippen LogP contribution in [0, 0.1) is 11.6 Å². The van der Waals surface area contributed by atoms with E-state index < -0.39 is 17.7 Å². The van der Waals surface area contributed by atoms with Crippen molar-refractivity contribution in [2.45, 2.75) is 12.5 Å². The van der Waals surface area contributed by atoms with Gasteiger partial charge in [-0.1, -0.05) is 29.8 Å². The lowest BCUT2D eigenvalue weighted by atomic mass is 10.0. The van der Waals surface area contributed by atoms with Crippen molar-refractivity contribution in [3.8, 4) is 5.75 Å². The van der Waals surface area contributed by atoms with Crippen LogP contribution in [0.5, 0.6) is 5.75 Å². The average molecular weight is 299 g/mol. The molecule has 0 radical (unpaired) electrons. The van der Waals surface area contributed by atoms with E-state index in [2.05, 4.69) is 0 Å². The van der Waals surface area contributed by atoms with Gasteiger partial charge in [0.1, 0.15) is 5.82 Å². The molecule has 0 aliphatic rings. The van der Waals surface area contributed by atoms with Crippen LogP contribution in [0.4, 0.5) is 8.78 Å². The Balaban J connectivity index is 2.24. The van der Waals surface area contributed by atoms with Crippen LogP contribution in [-0.4, -0.2) is 12.2 Å². The maximum atomic E-state index is 13.3. The molecule has 0 heterocycles. The summed E-state index contributed by atoms with van der Waals surface area (Å²) in [6, 6.07) is 8.48. The Labute approximate surface area is 120 Å². The molecule has 5 heteroatoms. The number of hydrogen-bond acceptors (Lipinski definition) is 2. The standard InChI is InChI=1S/C15H13ClF2O2/c1-20-14-8-9(5-6-11(14)17)13(19)7-10-3-2-4-12(18)15(10)16/h2-6,8,13,19H,7H2,1H3. The number of halogens is 3. The first-order valence-electron chi connectivity index (χ1n) is 5.97. The SMILES string of the molecule is COc1cc(C(O)Cc2cccc(F)c2Cl)ccc1F. The zero-order chi connectivity index (χ0) is 14.7. The number of aliphatic hydroxyl groups excluding tert-OH is 1. The van der Waals surface area contributed by atoms with E-state index in [0.717, 1.165) is 0 Å². The van der Waals surface area contributed by atoms with Crippen LogP contribution in [0.1, 0.15) is 17.2 Å². The molecule has 0 aromatic heterocycles. The minimum absolute atomic E-state index is 0.0133. The van der Waals surface area contributed by atoms with Gasteiger partial charge in [0.2, 0.25) is 0 Å². The van der Waals surface area contributed by atoms with Gasteiger partial charge in [-0.15, -0.1) is 0 Å². The molecule has 2 rings (SSSR count). The monoisotopic (exact) mass is 298 g/mol. The van der Waals surface area contributed by atoms with Crippen molar-refractivity contribution in [1.29, 1.82) is 0 Å². The third-order valence-corrected chi connectivity index (χ3v) is 3.43. The van der Waals surface area contributed by atoms with E-state index in [0.29, 0.717) is 11.1 Å². The predicted octanol–water partition coefficient (Wildman–Crippen LogP) is 3.90. The first kappa shape index (κ1) is 14.8.